The van der Waals surface area contributed by atoms with Crippen molar-refractivity contribution >= 4 is 27.6 Å². The second-order valence-electron chi connectivity index (χ2n) is 4.73. The van der Waals surface area contributed by atoms with E-state index in [9.17, 15) is 13.2 Å². The van der Waals surface area contributed by atoms with Gasteiger partial charge in [0.25, 0.3) is 0 Å². The molecule has 0 fully saturated rings. The Kier molecular flexibility index (Phi) is 6.15. The first-order chi connectivity index (χ1) is 11.0. The third-order valence-electron chi connectivity index (χ3n) is 2.97. The number of sulfonamides is 1. The second-order valence-corrected chi connectivity index (χ2v) is 6.94. The number of rotatable bonds is 7. The molecule has 23 heavy (non-hydrogen) atoms. The second kappa shape index (κ2) is 8.10. The predicted molar refractivity (Wildman–Crippen MR) is 87.7 cm³/mol. The van der Waals surface area contributed by atoms with Crippen LogP contribution in [0.25, 0.3) is 0 Å². The summed E-state index contributed by atoms with van der Waals surface area (Å²) in [5.41, 5.74) is 0.847. The number of hydrogen-bond donors (Lipinski definition) is 1. The first kappa shape index (κ1) is 17.5. The van der Waals surface area contributed by atoms with Gasteiger partial charge in [-0.3, -0.25) is 4.79 Å². The molecule has 1 N–H and O–H groups in total. The summed E-state index contributed by atoms with van der Waals surface area (Å²) in [4.78, 5) is 11.7. The number of carbonyl (C=O) groups excluding carboxylic acids is 1. The Hall–Kier alpha value is -1.89. The van der Waals surface area contributed by atoms with Gasteiger partial charge in [0.2, 0.25) is 10.0 Å². The Labute approximate surface area is 140 Å². The standard InChI is InChI=1S/C16H16ClNO4S/c17-14-6-8-15(9-7-14)23(20,21)18-10-11-22-16(19)12-13-4-2-1-3-5-13/h1-9,18H,10-12H2. The van der Waals surface area contributed by atoms with Gasteiger partial charge in [0.15, 0.2) is 0 Å². The average Bonchev–Trinajstić information content (AvgIpc) is 2.53. The van der Waals surface area contributed by atoms with Crippen molar-refractivity contribution in [2.45, 2.75) is 11.3 Å². The molecule has 122 valence electrons. The maximum Gasteiger partial charge on any atom is 0.310 e. The summed E-state index contributed by atoms with van der Waals surface area (Å²) in [6.45, 7) is -0.0238. The van der Waals surface area contributed by atoms with Gasteiger partial charge in [-0.2, -0.15) is 0 Å². The number of ether oxygens (including phenoxy) is 1. The first-order valence-corrected chi connectivity index (χ1v) is 8.78. The van der Waals surface area contributed by atoms with Crippen LogP contribution in [-0.2, 0) is 26.0 Å². The molecular weight excluding hydrogens is 338 g/mol. The van der Waals surface area contributed by atoms with Crippen LogP contribution in [0, 0.1) is 0 Å². The fourth-order valence-corrected chi connectivity index (χ4v) is 2.99. The summed E-state index contributed by atoms with van der Waals surface area (Å²) < 4.78 is 31.3. The molecule has 0 spiro atoms. The van der Waals surface area contributed by atoms with Gasteiger partial charge < -0.3 is 4.74 Å². The van der Waals surface area contributed by atoms with E-state index in [2.05, 4.69) is 4.72 Å². The molecule has 0 aromatic heterocycles. The Balaban J connectivity index is 1.76. The van der Waals surface area contributed by atoms with E-state index in [0.29, 0.717) is 5.02 Å². The van der Waals surface area contributed by atoms with Gasteiger partial charge in [-0.25, -0.2) is 13.1 Å². The van der Waals surface area contributed by atoms with Crippen molar-refractivity contribution in [1.29, 1.82) is 0 Å². The van der Waals surface area contributed by atoms with E-state index >= 15 is 0 Å². The van der Waals surface area contributed by atoms with Gasteiger partial charge in [0.1, 0.15) is 6.61 Å². The Bertz CT molecular complexity index is 745. The molecule has 7 heteroatoms. The van der Waals surface area contributed by atoms with Gasteiger partial charge in [0, 0.05) is 11.6 Å². The van der Waals surface area contributed by atoms with Crippen LogP contribution in [0.15, 0.2) is 59.5 Å². The van der Waals surface area contributed by atoms with Crippen LogP contribution in [0.2, 0.25) is 5.02 Å². The maximum absolute atomic E-state index is 12.0. The highest BCUT2D eigenvalue weighted by Crippen LogP contribution is 2.13. The van der Waals surface area contributed by atoms with Crippen molar-refractivity contribution in [3.63, 3.8) is 0 Å². The molecule has 0 radical (unpaired) electrons. The molecule has 2 rings (SSSR count). The zero-order valence-corrected chi connectivity index (χ0v) is 13.8. The lowest BCUT2D eigenvalue weighted by atomic mass is 10.2. The van der Waals surface area contributed by atoms with Crippen LogP contribution in [-0.4, -0.2) is 27.5 Å². The number of halogens is 1. The maximum atomic E-state index is 12.0. The summed E-state index contributed by atoms with van der Waals surface area (Å²) in [6, 6.07) is 15.0. The van der Waals surface area contributed by atoms with Crippen molar-refractivity contribution in [3.05, 3.63) is 65.2 Å². The van der Waals surface area contributed by atoms with Gasteiger partial charge in [-0.05, 0) is 29.8 Å². The van der Waals surface area contributed by atoms with Crippen molar-refractivity contribution in [1.82, 2.24) is 4.72 Å². The summed E-state index contributed by atoms with van der Waals surface area (Å²) in [6.07, 6.45) is 0.158. The van der Waals surface area contributed by atoms with Crippen LogP contribution in [0.3, 0.4) is 0 Å². The quantitative estimate of drug-likeness (QED) is 0.613. The molecule has 0 saturated heterocycles. The lowest BCUT2D eigenvalue weighted by Crippen LogP contribution is -2.28. The molecule has 0 heterocycles. The van der Waals surface area contributed by atoms with Gasteiger partial charge >= 0.3 is 5.97 Å². The summed E-state index contributed by atoms with van der Waals surface area (Å²) in [7, 11) is -3.63. The van der Waals surface area contributed by atoms with E-state index in [-0.39, 0.29) is 24.5 Å². The van der Waals surface area contributed by atoms with Crippen LogP contribution in [0.1, 0.15) is 5.56 Å². The van der Waals surface area contributed by atoms with E-state index in [4.69, 9.17) is 16.3 Å². The summed E-state index contributed by atoms with van der Waals surface area (Å²) in [5, 5.41) is 0.457. The first-order valence-electron chi connectivity index (χ1n) is 6.92. The molecule has 0 unspecified atom stereocenters. The van der Waals surface area contributed by atoms with Crippen molar-refractivity contribution in [2.75, 3.05) is 13.2 Å². The molecule has 0 atom stereocenters. The van der Waals surface area contributed by atoms with Gasteiger partial charge in [0.05, 0.1) is 11.3 Å². The van der Waals surface area contributed by atoms with E-state index in [1.165, 1.54) is 24.3 Å². The molecule has 0 aliphatic carbocycles. The number of hydrogen-bond acceptors (Lipinski definition) is 4. The van der Waals surface area contributed by atoms with Crippen LogP contribution < -0.4 is 4.72 Å². The normalized spacial score (nSPS) is 11.2. The minimum absolute atomic E-state index is 0.00545. The lowest BCUT2D eigenvalue weighted by Gasteiger charge is -2.08. The van der Waals surface area contributed by atoms with E-state index < -0.39 is 16.0 Å². The molecular formula is C16H16ClNO4S. The number of benzene rings is 2. The molecule has 2 aromatic rings. The number of nitrogens with one attached hydrogen (secondary N) is 1. The average molecular weight is 354 g/mol. The molecule has 0 aliphatic heterocycles. The Morgan fingerprint density at radius 3 is 2.35 bits per heavy atom. The van der Waals surface area contributed by atoms with Crippen molar-refractivity contribution in [3.8, 4) is 0 Å². The van der Waals surface area contributed by atoms with Gasteiger partial charge in [-0.1, -0.05) is 41.9 Å². The smallest absolute Gasteiger partial charge is 0.310 e. The zero-order valence-electron chi connectivity index (χ0n) is 12.2. The fourth-order valence-electron chi connectivity index (χ4n) is 1.85. The minimum atomic E-state index is -3.63. The van der Waals surface area contributed by atoms with Gasteiger partial charge in [-0.15, -0.1) is 0 Å². The highest BCUT2D eigenvalue weighted by Gasteiger charge is 2.13. The largest absolute Gasteiger partial charge is 0.464 e. The molecule has 0 aliphatic rings. The lowest BCUT2D eigenvalue weighted by molar-refractivity contribution is -0.142. The molecule has 5 nitrogen and oxygen atoms in total. The Morgan fingerprint density at radius 1 is 1.04 bits per heavy atom. The fraction of sp³-hybridized carbons (Fsp3) is 0.188. The molecule has 0 amide bonds. The molecule has 0 bridgehead atoms. The van der Waals surface area contributed by atoms with Crippen molar-refractivity contribution in [2.24, 2.45) is 0 Å². The monoisotopic (exact) mass is 353 g/mol. The zero-order chi connectivity index (χ0) is 16.7. The SMILES string of the molecule is O=C(Cc1ccccc1)OCCNS(=O)(=O)c1ccc(Cl)cc1. The van der Waals surface area contributed by atoms with E-state index in [1.54, 1.807) is 0 Å². The third kappa shape index (κ3) is 5.67. The van der Waals surface area contributed by atoms with Crippen LogP contribution in [0.5, 0.6) is 0 Å². The topological polar surface area (TPSA) is 72.5 Å². The number of esters is 1. The van der Waals surface area contributed by atoms with Crippen LogP contribution in [0.4, 0.5) is 0 Å². The minimum Gasteiger partial charge on any atom is -0.464 e. The molecule has 0 saturated carbocycles. The highest BCUT2D eigenvalue weighted by molar-refractivity contribution is 7.89. The highest BCUT2D eigenvalue weighted by atomic mass is 35.5. The predicted octanol–water partition coefficient (Wildman–Crippen LogP) is 2.40. The summed E-state index contributed by atoms with van der Waals surface area (Å²) in [5.74, 6) is -0.401. The third-order valence-corrected chi connectivity index (χ3v) is 4.70. The Morgan fingerprint density at radius 2 is 1.70 bits per heavy atom. The summed E-state index contributed by atoms with van der Waals surface area (Å²) >= 11 is 5.72. The number of carbonyl (C=O) groups is 1. The van der Waals surface area contributed by atoms with Crippen LogP contribution >= 0.6 is 11.6 Å². The van der Waals surface area contributed by atoms with E-state index in [1.807, 2.05) is 30.3 Å². The van der Waals surface area contributed by atoms with E-state index in [0.717, 1.165) is 5.56 Å². The molecule has 2 aromatic carbocycles. The van der Waals surface area contributed by atoms with Crippen molar-refractivity contribution < 1.29 is 17.9 Å².